The Balaban J connectivity index is 2.86. The van der Waals surface area contributed by atoms with Crippen LogP contribution in [0.3, 0.4) is 0 Å². The molecule has 1 aromatic rings. The summed E-state index contributed by atoms with van der Waals surface area (Å²) < 4.78 is 0. The zero-order chi connectivity index (χ0) is 8.10. The van der Waals surface area contributed by atoms with Gasteiger partial charge in [-0.1, -0.05) is 30.4 Å². The number of para-hydroxylation sites is 1. The van der Waals surface area contributed by atoms with E-state index in [0.717, 1.165) is 11.3 Å². The Kier molecular flexibility index (Phi) is 2.69. The number of anilines is 1. The van der Waals surface area contributed by atoms with E-state index in [2.05, 4.69) is 0 Å². The fraction of sp³-hybridized carbons (Fsp3) is 0.111. The van der Waals surface area contributed by atoms with Gasteiger partial charge in [0.25, 0.3) is 0 Å². The molecule has 0 radical (unpaired) electrons. The van der Waals surface area contributed by atoms with Gasteiger partial charge in [0.2, 0.25) is 0 Å². The molecule has 0 bridgehead atoms. The molecule has 0 heterocycles. The lowest BCUT2D eigenvalue weighted by atomic mass is 10.2. The SMILES string of the molecule is NC/C=C/c1ccccc1N. The normalized spacial score (nSPS) is 10.6. The van der Waals surface area contributed by atoms with Gasteiger partial charge in [0.1, 0.15) is 0 Å². The average molecular weight is 148 g/mol. The second kappa shape index (κ2) is 3.78. The highest BCUT2D eigenvalue weighted by Crippen LogP contribution is 2.11. The van der Waals surface area contributed by atoms with E-state index in [4.69, 9.17) is 11.5 Å². The van der Waals surface area contributed by atoms with Crippen LogP contribution < -0.4 is 11.5 Å². The van der Waals surface area contributed by atoms with Gasteiger partial charge in [-0.3, -0.25) is 0 Å². The standard InChI is InChI=1S/C9H12N2/c10-7-3-5-8-4-1-2-6-9(8)11/h1-6H,7,10-11H2/b5-3+. The van der Waals surface area contributed by atoms with E-state index in [9.17, 15) is 0 Å². The number of rotatable bonds is 2. The van der Waals surface area contributed by atoms with Crippen LogP contribution in [-0.2, 0) is 0 Å². The molecular weight excluding hydrogens is 136 g/mol. The van der Waals surface area contributed by atoms with E-state index in [0.29, 0.717) is 6.54 Å². The van der Waals surface area contributed by atoms with Crippen LogP contribution in [0.1, 0.15) is 5.56 Å². The molecule has 0 amide bonds. The first kappa shape index (κ1) is 7.82. The Morgan fingerprint density at radius 2 is 2.00 bits per heavy atom. The smallest absolute Gasteiger partial charge is 0.0387 e. The first-order valence-corrected chi connectivity index (χ1v) is 3.55. The monoisotopic (exact) mass is 148 g/mol. The summed E-state index contributed by atoms with van der Waals surface area (Å²) in [7, 11) is 0. The third kappa shape index (κ3) is 2.09. The highest BCUT2D eigenvalue weighted by Gasteiger charge is 1.89. The van der Waals surface area contributed by atoms with Gasteiger partial charge in [-0.2, -0.15) is 0 Å². The highest BCUT2D eigenvalue weighted by atomic mass is 14.6. The van der Waals surface area contributed by atoms with Crippen molar-refractivity contribution in [1.82, 2.24) is 0 Å². The van der Waals surface area contributed by atoms with Crippen LogP contribution in [0.4, 0.5) is 5.69 Å². The van der Waals surface area contributed by atoms with E-state index < -0.39 is 0 Å². The lowest BCUT2D eigenvalue weighted by molar-refractivity contribution is 1.26. The van der Waals surface area contributed by atoms with E-state index in [1.807, 2.05) is 36.4 Å². The maximum absolute atomic E-state index is 5.67. The summed E-state index contributed by atoms with van der Waals surface area (Å²) in [5.41, 5.74) is 12.8. The Labute approximate surface area is 66.5 Å². The molecule has 0 spiro atoms. The molecule has 0 unspecified atom stereocenters. The molecule has 0 atom stereocenters. The van der Waals surface area contributed by atoms with E-state index in [-0.39, 0.29) is 0 Å². The van der Waals surface area contributed by atoms with Crippen LogP contribution in [-0.4, -0.2) is 6.54 Å². The van der Waals surface area contributed by atoms with Gasteiger partial charge in [-0.15, -0.1) is 0 Å². The minimum atomic E-state index is 0.550. The van der Waals surface area contributed by atoms with Crippen molar-refractivity contribution in [3.05, 3.63) is 35.9 Å². The Morgan fingerprint density at radius 1 is 1.27 bits per heavy atom. The Bertz CT molecular complexity index is 253. The van der Waals surface area contributed by atoms with Gasteiger partial charge in [-0.25, -0.2) is 0 Å². The van der Waals surface area contributed by atoms with E-state index in [1.165, 1.54) is 0 Å². The maximum atomic E-state index is 5.67. The van der Waals surface area contributed by atoms with Crippen molar-refractivity contribution in [3.63, 3.8) is 0 Å². The van der Waals surface area contributed by atoms with Gasteiger partial charge in [0, 0.05) is 12.2 Å². The van der Waals surface area contributed by atoms with Crippen molar-refractivity contribution in [3.8, 4) is 0 Å². The van der Waals surface area contributed by atoms with Crippen LogP contribution in [0, 0.1) is 0 Å². The molecule has 0 aliphatic carbocycles. The third-order valence-corrected chi connectivity index (χ3v) is 1.43. The largest absolute Gasteiger partial charge is 0.398 e. The fourth-order valence-electron chi connectivity index (χ4n) is 0.858. The molecule has 1 aromatic carbocycles. The van der Waals surface area contributed by atoms with Gasteiger partial charge < -0.3 is 11.5 Å². The second-order valence-electron chi connectivity index (χ2n) is 2.27. The van der Waals surface area contributed by atoms with E-state index in [1.54, 1.807) is 0 Å². The zero-order valence-corrected chi connectivity index (χ0v) is 6.33. The minimum absolute atomic E-state index is 0.550. The van der Waals surface area contributed by atoms with Crippen molar-refractivity contribution >= 4 is 11.8 Å². The molecule has 0 fully saturated rings. The first-order chi connectivity index (χ1) is 5.34. The summed E-state index contributed by atoms with van der Waals surface area (Å²) in [5.74, 6) is 0. The number of hydrogen-bond donors (Lipinski definition) is 2. The average Bonchev–Trinajstić information content (AvgIpc) is 2.03. The number of benzene rings is 1. The summed E-state index contributed by atoms with van der Waals surface area (Å²) in [5, 5.41) is 0. The lowest BCUT2D eigenvalue weighted by Crippen LogP contribution is -1.93. The van der Waals surface area contributed by atoms with Crippen LogP contribution in [0.5, 0.6) is 0 Å². The molecule has 2 nitrogen and oxygen atoms in total. The van der Waals surface area contributed by atoms with Gasteiger partial charge >= 0.3 is 0 Å². The molecule has 2 heteroatoms. The molecule has 4 N–H and O–H groups in total. The van der Waals surface area contributed by atoms with Gasteiger partial charge in [-0.05, 0) is 11.6 Å². The summed E-state index contributed by atoms with van der Waals surface area (Å²) in [6, 6.07) is 7.69. The lowest BCUT2D eigenvalue weighted by Gasteiger charge is -1.96. The number of nitrogen functional groups attached to an aromatic ring is 1. The van der Waals surface area contributed by atoms with Crippen molar-refractivity contribution in [2.75, 3.05) is 12.3 Å². The summed E-state index contributed by atoms with van der Waals surface area (Å²) in [6.45, 7) is 0.550. The topological polar surface area (TPSA) is 52.0 Å². The number of hydrogen-bond acceptors (Lipinski definition) is 2. The molecule has 0 saturated heterocycles. The quantitative estimate of drug-likeness (QED) is 0.620. The molecule has 11 heavy (non-hydrogen) atoms. The predicted octanol–water partition coefficient (Wildman–Crippen LogP) is 1.24. The summed E-state index contributed by atoms with van der Waals surface area (Å²) >= 11 is 0. The molecule has 1 rings (SSSR count). The minimum Gasteiger partial charge on any atom is -0.398 e. The molecule has 0 aromatic heterocycles. The van der Waals surface area contributed by atoms with Crippen LogP contribution in [0.25, 0.3) is 6.08 Å². The third-order valence-electron chi connectivity index (χ3n) is 1.43. The van der Waals surface area contributed by atoms with Crippen molar-refractivity contribution in [2.24, 2.45) is 5.73 Å². The molecule has 0 aliphatic rings. The Hall–Kier alpha value is -1.28. The first-order valence-electron chi connectivity index (χ1n) is 3.55. The van der Waals surface area contributed by atoms with Crippen molar-refractivity contribution in [1.29, 1.82) is 0 Å². The van der Waals surface area contributed by atoms with E-state index >= 15 is 0 Å². The summed E-state index contributed by atoms with van der Waals surface area (Å²) in [4.78, 5) is 0. The van der Waals surface area contributed by atoms with Crippen LogP contribution in [0.15, 0.2) is 30.3 Å². The molecule has 0 saturated carbocycles. The van der Waals surface area contributed by atoms with Gasteiger partial charge in [0.15, 0.2) is 0 Å². The summed E-state index contributed by atoms with van der Waals surface area (Å²) in [6.07, 6.45) is 3.81. The van der Waals surface area contributed by atoms with Crippen LogP contribution >= 0.6 is 0 Å². The predicted molar refractivity (Wildman–Crippen MR) is 48.9 cm³/mol. The number of nitrogens with two attached hydrogens (primary N) is 2. The van der Waals surface area contributed by atoms with Crippen molar-refractivity contribution < 1.29 is 0 Å². The molecule has 58 valence electrons. The van der Waals surface area contributed by atoms with Gasteiger partial charge in [0.05, 0.1) is 0 Å². The molecular formula is C9H12N2. The zero-order valence-electron chi connectivity index (χ0n) is 6.33. The highest BCUT2D eigenvalue weighted by molar-refractivity contribution is 5.64. The van der Waals surface area contributed by atoms with Crippen molar-refractivity contribution in [2.45, 2.75) is 0 Å². The molecule has 0 aliphatic heterocycles. The maximum Gasteiger partial charge on any atom is 0.0387 e. The fourth-order valence-corrected chi connectivity index (χ4v) is 0.858. The Morgan fingerprint density at radius 3 is 2.64 bits per heavy atom. The second-order valence-corrected chi connectivity index (χ2v) is 2.27. The van der Waals surface area contributed by atoms with Crippen LogP contribution in [0.2, 0.25) is 0 Å².